The third-order valence-electron chi connectivity index (χ3n) is 4.92. The van der Waals surface area contributed by atoms with Gasteiger partial charge < -0.3 is 5.32 Å². The van der Waals surface area contributed by atoms with E-state index in [1.54, 1.807) is 41.0 Å². The van der Waals surface area contributed by atoms with Crippen LogP contribution < -0.4 is 10.9 Å². The molecule has 0 fully saturated rings. The Labute approximate surface area is 189 Å². The predicted molar refractivity (Wildman–Crippen MR) is 127 cm³/mol. The van der Waals surface area contributed by atoms with Crippen LogP contribution in [0.3, 0.4) is 0 Å². The summed E-state index contributed by atoms with van der Waals surface area (Å²) in [5.74, 6) is -0.162. The lowest BCUT2D eigenvalue weighted by atomic mass is 10.1. The molecule has 0 saturated carbocycles. The number of aromatic nitrogens is 2. The molecule has 0 spiro atoms. The van der Waals surface area contributed by atoms with Crippen molar-refractivity contribution in [2.24, 2.45) is 0 Å². The van der Waals surface area contributed by atoms with Gasteiger partial charge in [-0.05, 0) is 48.9 Å². The first-order valence-electron chi connectivity index (χ1n) is 10.1. The number of rotatable bonds is 7. The third kappa shape index (κ3) is 4.95. The van der Waals surface area contributed by atoms with Gasteiger partial charge in [-0.3, -0.25) is 19.0 Å². The number of carbonyl (C=O) groups is 2. The van der Waals surface area contributed by atoms with Crippen LogP contribution >= 0.6 is 11.8 Å². The maximum Gasteiger partial charge on any atom is 0.262 e. The second-order valence-electron chi connectivity index (χ2n) is 7.26. The van der Waals surface area contributed by atoms with Crippen molar-refractivity contribution in [3.05, 3.63) is 100 Å². The Kier molecular flexibility index (Phi) is 6.47. The summed E-state index contributed by atoms with van der Waals surface area (Å²) in [6.45, 7) is 1.86. The van der Waals surface area contributed by atoms with E-state index in [1.165, 1.54) is 18.7 Å². The molecule has 0 bridgehead atoms. The molecule has 0 radical (unpaired) electrons. The van der Waals surface area contributed by atoms with E-state index < -0.39 is 0 Å². The number of nitrogens with one attached hydrogen (secondary N) is 1. The lowest BCUT2D eigenvalue weighted by Crippen LogP contribution is -2.24. The van der Waals surface area contributed by atoms with Gasteiger partial charge in [0.25, 0.3) is 5.56 Å². The molecule has 4 aromatic rings. The fraction of sp³-hybridized carbons (Fsp3) is 0.120. The molecule has 160 valence electrons. The molecular weight excluding hydrogens is 422 g/mol. The molecular formula is C25H21N3O3S. The van der Waals surface area contributed by atoms with Gasteiger partial charge >= 0.3 is 0 Å². The third-order valence-corrected chi connectivity index (χ3v) is 5.89. The van der Waals surface area contributed by atoms with E-state index in [0.29, 0.717) is 33.9 Å². The topological polar surface area (TPSA) is 81.1 Å². The summed E-state index contributed by atoms with van der Waals surface area (Å²) in [5, 5.41) is 3.84. The number of carbonyl (C=O) groups excluding carboxylic acids is 2. The molecule has 0 atom stereocenters. The minimum absolute atomic E-state index is 0.0304. The summed E-state index contributed by atoms with van der Waals surface area (Å²) in [4.78, 5) is 41.7. The van der Waals surface area contributed by atoms with E-state index in [1.807, 2.05) is 42.5 Å². The fourth-order valence-electron chi connectivity index (χ4n) is 3.28. The van der Waals surface area contributed by atoms with Gasteiger partial charge in [0.1, 0.15) is 0 Å². The highest BCUT2D eigenvalue weighted by atomic mass is 32.2. The summed E-state index contributed by atoms with van der Waals surface area (Å²) in [5.41, 5.74) is 2.63. The number of fused-ring (bicyclic) bond motifs is 1. The average molecular weight is 444 g/mol. The number of hydrogen-bond acceptors (Lipinski definition) is 5. The molecule has 0 saturated heterocycles. The molecule has 0 unspecified atom stereocenters. The van der Waals surface area contributed by atoms with Gasteiger partial charge in [0.15, 0.2) is 10.9 Å². The average Bonchev–Trinajstić information content (AvgIpc) is 2.81. The van der Waals surface area contributed by atoms with Crippen molar-refractivity contribution in [3.63, 3.8) is 0 Å². The Morgan fingerprint density at radius 1 is 0.938 bits per heavy atom. The number of Topliss-reactive ketones (excluding diaryl/α,β-unsaturated/α-hetero) is 1. The molecule has 1 aromatic heterocycles. The number of para-hydroxylation sites is 1. The van der Waals surface area contributed by atoms with Crippen LogP contribution in [0.15, 0.2) is 88.8 Å². The van der Waals surface area contributed by atoms with Crippen molar-refractivity contribution >= 4 is 40.0 Å². The maximum atomic E-state index is 13.2. The predicted octanol–water partition coefficient (Wildman–Crippen LogP) is 4.38. The Balaban J connectivity index is 1.56. The van der Waals surface area contributed by atoms with Gasteiger partial charge in [0.2, 0.25) is 5.91 Å². The minimum atomic E-state index is -0.223. The SMILES string of the molecule is CC(=O)c1ccc(NC(=O)CSc2nc3ccccc3c(=O)n2Cc2ccccc2)cc1. The molecule has 0 aliphatic heterocycles. The summed E-state index contributed by atoms with van der Waals surface area (Å²) in [6, 6.07) is 23.6. The van der Waals surface area contributed by atoms with Crippen molar-refractivity contribution in [1.29, 1.82) is 0 Å². The van der Waals surface area contributed by atoms with Crippen LogP contribution in [-0.2, 0) is 11.3 Å². The number of hydrogen-bond donors (Lipinski definition) is 1. The molecule has 32 heavy (non-hydrogen) atoms. The Bertz CT molecular complexity index is 1330. The smallest absolute Gasteiger partial charge is 0.262 e. The first-order chi connectivity index (χ1) is 15.5. The van der Waals surface area contributed by atoms with Gasteiger partial charge in [-0.2, -0.15) is 0 Å². The van der Waals surface area contributed by atoms with E-state index >= 15 is 0 Å². The number of thioether (sulfide) groups is 1. The first-order valence-corrected chi connectivity index (χ1v) is 11.1. The van der Waals surface area contributed by atoms with Gasteiger partial charge in [0, 0.05) is 11.3 Å². The summed E-state index contributed by atoms with van der Waals surface area (Å²) in [6.07, 6.45) is 0. The lowest BCUT2D eigenvalue weighted by Gasteiger charge is -2.13. The molecule has 1 heterocycles. The largest absolute Gasteiger partial charge is 0.325 e. The Morgan fingerprint density at radius 2 is 1.62 bits per heavy atom. The van der Waals surface area contributed by atoms with Crippen LogP contribution in [-0.4, -0.2) is 27.0 Å². The molecule has 1 N–H and O–H groups in total. The summed E-state index contributed by atoms with van der Waals surface area (Å²) < 4.78 is 1.61. The van der Waals surface area contributed by atoms with Crippen LogP contribution in [0.1, 0.15) is 22.8 Å². The van der Waals surface area contributed by atoms with Gasteiger partial charge in [-0.15, -0.1) is 0 Å². The number of nitrogens with zero attached hydrogens (tertiary/aromatic N) is 2. The highest BCUT2D eigenvalue weighted by Gasteiger charge is 2.14. The van der Waals surface area contributed by atoms with Crippen molar-refractivity contribution in [1.82, 2.24) is 9.55 Å². The fourth-order valence-corrected chi connectivity index (χ4v) is 4.08. The minimum Gasteiger partial charge on any atom is -0.325 e. The quantitative estimate of drug-likeness (QED) is 0.260. The number of ketones is 1. The van der Waals surface area contributed by atoms with Crippen LogP contribution in [0, 0.1) is 0 Å². The zero-order chi connectivity index (χ0) is 22.5. The first kappa shape index (κ1) is 21.5. The second kappa shape index (κ2) is 9.62. The Hall–Kier alpha value is -3.71. The Morgan fingerprint density at radius 3 is 2.34 bits per heavy atom. The summed E-state index contributed by atoms with van der Waals surface area (Å²) >= 11 is 1.22. The number of benzene rings is 3. The van der Waals surface area contributed by atoms with Gasteiger partial charge in [-0.1, -0.05) is 54.2 Å². The van der Waals surface area contributed by atoms with Crippen molar-refractivity contribution in [3.8, 4) is 0 Å². The molecule has 1 amide bonds. The van der Waals surface area contributed by atoms with Crippen LogP contribution in [0.25, 0.3) is 10.9 Å². The molecule has 0 aliphatic rings. The zero-order valence-electron chi connectivity index (χ0n) is 17.4. The van der Waals surface area contributed by atoms with E-state index in [9.17, 15) is 14.4 Å². The van der Waals surface area contributed by atoms with E-state index in [2.05, 4.69) is 10.3 Å². The monoisotopic (exact) mass is 443 g/mol. The summed E-state index contributed by atoms with van der Waals surface area (Å²) in [7, 11) is 0. The molecule has 4 rings (SSSR count). The van der Waals surface area contributed by atoms with Gasteiger partial charge in [-0.25, -0.2) is 4.98 Å². The highest BCUT2D eigenvalue weighted by molar-refractivity contribution is 7.99. The molecule has 6 nitrogen and oxygen atoms in total. The second-order valence-corrected chi connectivity index (χ2v) is 8.20. The van der Waals surface area contributed by atoms with Crippen LogP contribution in [0.2, 0.25) is 0 Å². The maximum absolute atomic E-state index is 13.2. The molecule has 0 aliphatic carbocycles. The standard InChI is InChI=1S/C25H21N3O3S/c1-17(29)19-11-13-20(14-12-19)26-23(30)16-32-25-27-22-10-6-5-9-21(22)24(31)28(25)15-18-7-3-2-4-8-18/h2-14H,15-16H2,1H3,(H,26,30). The van der Waals surface area contributed by atoms with Crippen molar-refractivity contribution < 1.29 is 9.59 Å². The van der Waals surface area contributed by atoms with E-state index in [4.69, 9.17) is 0 Å². The normalized spacial score (nSPS) is 10.8. The molecule has 7 heteroatoms. The van der Waals surface area contributed by atoms with Crippen molar-refractivity contribution in [2.75, 3.05) is 11.1 Å². The zero-order valence-corrected chi connectivity index (χ0v) is 18.3. The highest BCUT2D eigenvalue weighted by Crippen LogP contribution is 2.20. The number of anilines is 1. The van der Waals surface area contributed by atoms with Crippen LogP contribution in [0.5, 0.6) is 0 Å². The van der Waals surface area contributed by atoms with Crippen molar-refractivity contribution in [2.45, 2.75) is 18.6 Å². The van der Waals surface area contributed by atoms with E-state index in [0.717, 1.165) is 5.56 Å². The van der Waals surface area contributed by atoms with E-state index in [-0.39, 0.29) is 23.0 Å². The lowest BCUT2D eigenvalue weighted by molar-refractivity contribution is -0.113. The molecule has 3 aromatic carbocycles. The van der Waals surface area contributed by atoms with Gasteiger partial charge in [0.05, 0.1) is 23.2 Å². The number of amides is 1. The van der Waals surface area contributed by atoms with Crippen LogP contribution in [0.4, 0.5) is 5.69 Å².